The number of likely N-dealkylation sites (N-methyl/N-ethyl adjacent to an activating group) is 1. The molecular formula is C31H53Cl2N5O6. The van der Waals surface area contributed by atoms with E-state index in [1.165, 1.54) is 5.56 Å². The number of hydrogen-bond acceptors (Lipinski definition) is 9. The molecule has 1 rings (SSSR count). The summed E-state index contributed by atoms with van der Waals surface area (Å²) in [6.45, 7) is 14.6. The molecule has 0 radical (unpaired) electrons. The van der Waals surface area contributed by atoms with Crippen molar-refractivity contribution in [2.45, 2.75) is 19.9 Å². The fraction of sp³-hybridized carbons (Fsp3) is 0.677. The molecule has 0 saturated carbocycles. The Kier molecular flexibility index (Phi) is 24.9. The molecular weight excluding hydrogens is 609 g/mol. The van der Waals surface area contributed by atoms with Crippen LogP contribution in [0, 0.1) is 0 Å². The summed E-state index contributed by atoms with van der Waals surface area (Å²) in [7, 11) is 2.04. The molecule has 0 bridgehead atoms. The predicted molar refractivity (Wildman–Crippen MR) is 178 cm³/mol. The molecule has 0 aliphatic rings. The molecule has 11 nitrogen and oxygen atoms in total. The van der Waals surface area contributed by atoms with Crippen LogP contribution in [-0.4, -0.2) is 134 Å². The summed E-state index contributed by atoms with van der Waals surface area (Å²) in [6.07, 6.45) is 0.319. The van der Waals surface area contributed by atoms with Gasteiger partial charge in [-0.1, -0.05) is 18.7 Å². The summed E-state index contributed by atoms with van der Waals surface area (Å²) in [4.78, 5) is 27.7. The van der Waals surface area contributed by atoms with E-state index >= 15 is 0 Å². The third-order valence-corrected chi connectivity index (χ3v) is 6.67. The lowest BCUT2D eigenvalue weighted by atomic mass is 10.2. The molecule has 3 N–H and O–H groups in total. The van der Waals surface area contributed by atoms with Gasteiger partial charge in [0.15, 0.2) is 0 Å². The van der Waals surface area contributed by atoms with Crippen LogP contribution in [0.2, 0.25) is 0 Å². The first-order valence-corrected chi connectivity index (χ1v) is 16.3. The molecule has 0 unspecified atom stereocenters. The van der Waals surface area contributed by atoms with Crippen LogP contribution in [-0.2, 0) is 35.1 Å². The van der Waals surface area contributed by atoms with Gasteiger partial charge in [-0.3, -0.25) is 9.59 Å². The summed E-state index contributed by atoms with van der Waals surface area (Å²) in [5.41, 5.74) is 2.83. The highest BCUT2D eigenvalue weighted by atomic mass is 35.5. The van der Waals surface area contributed by atoms with Crippen molar-refractivity contribution in [2.75, 3.05) is 122 Å². The molecule has 252 valence electrons. The van der Waals surface area contributed by atoms with Crippen molar-refractivity contribution < 1.29 is 28.5 Å². The average Bonchev–Trinajstić information content (AvgIpc) is 3.01. The van der Waals surface area contributed by atoms with E-state index in [2.05, 4.69) is 56.6 Å². The SMILES string of the molecule is C=C(C)C(=O)NCCOCCOCCOCCOCCC(=O)NCCN(C)CCNCc1ccc(N(CCCl)CCCl)cc1. The summed E-state index contributed by atoms with van der Waals surface area (Å²) >= 11 is 11.8. The summed E-state index contributed by atoms with van der Waals surface area (Å²) in [5.74, 6) is 0.951. The number of benzene rings is 1. The fourth-order valence-corrected chi connectivity index (χ4v) is 4.21. The molecule has 1 aromatic rings. The van der Waals surface area contributed by atoms with Crippen molar-refractivity contribution in [3.63, 3.8) is 0 Å². The Balaban J connectivity index is 1.91. The number of anilines is 1. The fourth-order valence-electron chi connectivity index (χ4n) is 3.80. The van der Waals surface area contributed by atoms with Crippen molar-refractivity contribution >= 4 is 40.7 Å². The van der Waals surface area contributed by atoms with Crippen LogP contribution in [0.1, 0.15) is 18.9 Å². The maximum absolute atomic E-state index is 12.0. The van der Waals surface area contributed by atoms with Crippen LogP contribution in [0.3, 0.4) is 0 Å². The third kappa shape index (κ3) is 21.7. The highest BCUT2D eigenvalue weighted by molar-refractivity contribution is 6.18. The van der Waals surface area contributed by atoms with Crippen LogP contribution in [0.4, 0.5) is 5.69 Å². The molecule has 0 heterocycles. The second kappa shape index (κ2) is 27.4. The maximum Gasteiger partial charge on any atom is 0.246 e. The first kappa shape index (κ1) is 40.1. The van der Waals surface area contributed by atoms with E-state index in [9.17, 15) is 9.59 Å². The van der Waals surface area contributed by atoms with Crippen molar-refractivity contribution in [3.05, 3.63) is 42.0 Å². The molecule has 0 saturated heterocycles. The van der Waals surface area contributed by atoms with Gasteiger partial charge in [-0.2, -0.15) is 0 Å². The van der Waals surface area contributed by atoms with Crippen LogP contribution in [0.25, 0.3) is 0 Å². The smallest absolute Gasteiger partial charge is 0.246 e. The zero-order valence-corrected chi connectivity index (χ0v) is 28.1. The molecule has 44 heavy (non-hydrogen) atoms. The minimum absolute atomic E-state index is 0.0228. The van der Waals surface area contributed by atoms with Gasteiger partial charge in [-0.25, -0.2) is 0 Å². The van der Waals surface area contributed by atoms with Gasteiger partial charge < -0.3 is 44.7 Å². The molecule has 13 heteroatoms. The number of nitrogens with one attached hydrogen (secondary N) is 3. The third-order valence-electron chi connectivity index (χ3n) is 6.33. The van der Waals surface area contributed by atoms with Gasteiger partial charge in [0.25, 0.3) is 0 Å². The highest BCUT2D eigenvalue weighted by Crippen LogP contribution is 2.15. The van der Waals surface area contributed by atoms with E-state index in [0.29, 0.717) is 89.7 Å². The molecule has 2 amide bonds. The Hall–Kier alpha value is -1.96. The molecule has 0 fully saturated rings. The lowest BCUT2D eigenvalue weighted by Crippen LogP contribution is -2.36. The highest BCUT2D eigenvalue weighted by Gasteiger charge is 2.06. The zero-order valence-electron chi connectivity index (χ0n) is 26.6. The van der Waals surface area contributed by atoms with Gasteiger partial charge in [0.05, 0.1) is 52.9 Å². The van der Waals surface area contributed by atoms with E-state index in [1.54, 1.807) is 6.92 Å². The Labute approximate surface area is 273 Å². The second-order valence-electron chi connectivity index (χ2n) is 10.1. The Morgan fingerprint density at radius 3 is 1.86 bits per heavy atom. The number of alkyl halides is 2. The van der Waals surface area contributed by atoms with Crippen molar-refractivity contribution in [1.82, 2.24) is 20.9 Å². The number of ether oxygens (including phenoxy) is 4. The monoisotopic (exact) mass is 661 g/mol. The van der Waals surface area contributed by atoms with Gasteiger partial charge in [0.2, 0.25) is 11.8 Å². The van der Waals surface area contributed by atoms with Crippen molar-refractivity contribution in [3.8, 4) is 0 Å². The number of carbonyl (C=O) groups excluding carboxylic acids is 2. The number of nitrogens with zero attached hydrogens (tertiary/aromatic N) is 2. The minimum atomic E-state index is -0.169. The number of rotatable bonds is 29. The first-order valence-electron chi connectivity index (χ1n) is 15.2. The lowest BCUT2D eigenvalue weighted by molar-refractivity contribution is -0.122. The van der Waals surface area contributed by atoms with Gasteiger partial charge in [0.1, 0.15) is 0 Å². The first-order chi connectivity index (χ1) is 21.4. The minimum Gasteiger partial charge on any atom is -0.379 e. The number of carbonyl (C=O) groups is 2. The summed E-state index contributed by atoms with van der Waals surface area (Å²) in [5, 5.41) is 9.10. The van der Waals surface area contributed by atoms with E-state index in [-0.39, 0.29) is 11.8 Å². The van der Waals surface area contributed by atoms with E-state index in [4.69, 9.17) is 42.1 Å². The summed E-state index contributed by atoms with van der Waals surface area (Å²) < 4.78 is 21.7. The van der Waals surface area contributed by atoms with Gasteiger partial charge in [-0.05, 0) is 31.7 Å². The normalized spacial score (nSPS) is 11.1. The number of amides is 2. The van der Waals surface area contributed by atoms with E-state index < -0.39 is 0 Å². The van der Waals surface area contributed by atoms with Gasteiger partial charge in [-0.15, -0.1) is 23.2 Å². The molecule has 0 spiro atoms. The maximum atomic E-state index is 12.0. The van der Waals surface area contributed by atoms with Crippen LogP contribution < -0.4 is 20.9 Å². The Morgan fingerprint density at radius 2 is 1.30 bits per heavy atom. The van der Waals surface area contributed by atoms with Gasteiger partial charge >= 0.3 is 0 Å². The second-order valence-corrected chi connectivity index (χ2v) is 10.9. The molecule has 1 aromatic carbocycles. The largest absolute Gasteiger partial charge is 0.379 e. The quantitative estimate of drug-likeness (QED) is 0.0676. The average molecular weight is 663 g/mol. The van der Waals surface area contributed by atoms with Gasteiger partial charge in [0, 0.05) is 81.8 Å². The Bertz CT molecular complexity index is 891. The van der Waals surface area contributed by atoms with Crippen LogP contribution in [0.5, 0.6) is 0 Å². The standard InChI is InChI=1S/C31H53Cl2N5O6/c1-27(2)31(40)36-13-19-42-21-23-44-25-24-43-22-20-41-18-8-30(39)35-12-17-37(3)16-11-34-26-28-4-6-29(7-5-28)38(14-9-32)15-10-33/h4-7,34H,1,8-26H2,2-3H3,(H,35,39)(H,36,40). The lowest BCUT2D eigenvalue weighted by Gasteiger charge is -2.23. The molecule has 0 aromatic heterocycles. The molecule has 0 atom stereocenters. The summed E-state index contributed by atoms with van der Waals surface area (Å²) in [6, 6.07) is 8.48. The van der Waals surface area contributed by atoms with Crippen molar-refractivity contribution in [2.24, 2.45) is 0 Å². The number of hydrogen-bond donors (Lipinski definition) is 3. The topological polar surface area (TPSA) is 114 Å². The van der Waals surface area contributed by atoms with E-state index in [1.807, 2.05) is 7.05 Å². The molecule has 0 aliphatic carbocycles. The molecule has 0 aliphatic heterocycles. The predicted octanol–water partition coefficient (Wildman–Crippen LogP) is 2.26. The van der Waals surface area contributed by atoms with Crippen molar-refractivity contribution in [1.29, 1.82) is 0 Å². The zero-order chi connectivity index (χ0) is 32.3. The number of halogens is 2. The van der Waals surface area contributed by atoms with E-state index in [0.717, 1.165) is 45.0 Å². The van der Waals surface area contributed by atoms with Crippen LogP contribution >= 0.6 is 23.2 Å². The Morgan fingerprint density at radius 1 is 0.750 bits per heavy atom. The van der Waals surface area contributed by atoms with Crippen LogP contribution in [0.15, 0.2) is 36.4 Å².